The number of thioether (sulfide) groups is 1. The number of carbonyl (C=O) groups excluding carboxylic acids is 2. The van der Waals surface area contributed by atoms with Crippen LogP contribution in [-0.2, 0) is 11.3 Å². The van der Waals surface area contributed by atoms with E-state index in [2.05, 4.69) is 20.8 Å². The van der Waals surface area contributed by atoms with Gasteiger partial charge >= 0.3 is 0 Å². The molecule has 0 bridgehead atoms. The van der Waals surface area contributed by atoms with Crippen molar-refractivity contribution < 1.29 is 9.59 Å². The molecule has 3 rings (SSSR count). The van der Waals surface area contributed by atoms with Crippen LogP contribution in [0.4, 0.5) is 5.69 Å². The van der Waals surface area contributed by atoms with Crippen molar-refractivity contribution in [3.8, 4) is 0 Å². The number of aromatic nitrogens is 3. The summed E-state index contributed by atoms with van der Waals surface area (Å²) < 4.78 is 1.90. The number of hydrogen-bond acceptors (Lipinski definition) is 5. The number of nitrogens with one attached hydrogen (secondary N) is 2. The molecule has 0 saturated heterocycles. The Morgan fingerprint density at radius 2 is 1.81 bits per heavy atom. The van der Waals surface area contributed by atoms with Crippen molar-refractivity contribution in [2.24, 2.45) is 0 Å². The molecule has 7 nitrogen and oxygen atoms in total. The molecule has 168 valence electrons. The largest absolute Gasteiger partial charge is 0.342 e. The van der Waals surface area contributed by atoms with E-state index in [4.69, 9.17) is 11.6 Å². The minimum Gasteiger partial charge on any atom is -0.342 e. The number of amides is 2. The summed E-state index contributed by atoms with van der Waals surface area (Å²) in [6, 6.07) is 12.2. The highest BCUT2D eigenvalue weighted by molar-refractivity contribution is 7.99. The molecule has 2 aromatic carbocycles. The molecule has 32 heavy (non-hydrogen) atoms. The van der Waals surface area contributed by atoms with Gasteiger partial charge in [0, 0.05) is 22.8 Å². The molecular weight excluding hydrogens is 446 g/mol. The van der Waals surface area contributed by atoms with Crippen molar-refractivity contribution in [3.05, 3.63) is 70.0 Å². The van der Waals surface area contributed by atoms with E-state index in [-0.39, 0.29) is 23.6 Å². The molecule has 9 heteroatoms. The van der Waals surface area contributed by atoms with Gasteiger partial charge in [0.1, 0.15) is 0 Å². The summed E-state index contributed by atoms with van der Waals surface area (Å²) in [5.41, 5.74) is 3.59. The summed E-state index contributed by atoms with van der Waals surface area (Å²) in [5, 5.41) is 15.5. The Balaban J connectivity index is 1.62. The van der Waals surface area contributed by atoms with E-state index in [9.17, 15) is 9.59 Å². The zero-order valence-corrected chi connectivity index (χ0v) is 20.0. The monoisotopic (exact) mass is 471 g/mol. The summed E-state index contributed by atoms with van der Waals surface area (Å²) in [6.45, 7) is 8.48. The number of anilines is 1. The van der Waals surface area contributed by atoms with Crippen LogP contribution in [0, 0.1) is 13.8 Å². The second-order valence-corrected chi connectivity index (χ2v) is 8.80. The number of hydrogen-bond donors (Lipinski definition) is 2. The van der Waals surface area contributed by atoms with Gasteiger partial charge in [0.2, 0.25) is 5.91 Å². The molecule has 2 amide bonds. The smallest absolute Gasteiger partial charge is 0.251 e. The van der Waals surface area contributed by atoms with Gasteiger partial charge in [-0.05, 0) is 75.2 Å². The van der Waals surface area contributed by atoms with Crippen LogP contribution in [0.1, 0.15) is 47.2 Å². The van der Waals surface area contributed by atoms with E-state index in [0.29, 0.717) is 28.1 Å². The van der Waals surface area contributed by atoms with Crippen molar-refractivity contribution in [2.75, 3.05) is 11.1 Å². The fourth-order valence-electron chi connectivity index (χ4n) is 3.12. The van der Waals surface area contributed by atoms with Gasteiger partial charge < -0.3 is 15.2 Å². The summed E-state index contributed by atoms with van der Waals surface area (Å²) in [5.74, 6) is 0.500. The van der Waals surface area contributed by atoms with Crippen LogP contribution in [0.25, 0.3) is 0 Å². The zero-order chi connectivity index (χ0) is 23.3. The van der Waals surface area contributed by atoms with Crippen molar-refractivity contribution >= 4 is 40.9 Å². The average molecular weight is 472 g/mol. The Morgan fingerprint density at radius 1 is 1.09 bits per heavy atom. The molecule has 1 atom stereocenters. The standard InChI is InChI=1S/C23H26ClN5O2S/c1-5-29-21(16(4)25-22(31)17-7-9-18(24)10-8-17)27-28-23(29)32-13-20(30)26-19-11-6-14(2)15(3)12-19/h6-12,16H,5,13H2,1-4H3,(H,25,31)(H,26,30)/t16-/m0/s1. The quantitative estimate of drug-likeness (QED) is 0.461. The highest BCUT2D eigenvalue weighted by atomic mass is 35.5. The number of benzene rings is 2. The molecule has 0 saturated carbocycles. The van der Waals surface area contributed by atoms with Gasteiger partial charge in [0.15, 0.2) is 11.0 Å². The molecule has 1 aromatic heterocycles. The Morgan fingerprint density at radius 3 is 2.47 bits per heavy atom. The minimum absolute atomic E-state index is 0.116. The molecule has 2 N–H and O–H groups in total. The summed E-state index contributed by atoms with van der Waals surface area (Å²) in [6.07, 6.45) is 0. The van der Waals surface area contributed by atoms with Crippen molar-refractivity contribution in [2.45, 2.75) is 45.4 Å². The molecule has 0 fully saturated rings. The first kappa shape index (κ1) is 23.8. The Labute approximate surface area is 197 Å². The van der Waals surface area contributed by atoms with Gasteiger partial charge in [-0.15, -0.1) is 10.2 Å². The maximum absolute atomic E-state index is 12.5. The Hall–Kier alpha value is -2.84. The molecule has 0 aliphatic carbocycles. The number of aryl methyl sites for hydroxylation is 2. The predicted molar refractivity (Wildman–Crippen MR) is 128 cm³/mol. The first-order valence-corrected chi connectivity index (χ1v) is 11.6. The number of rotatable bonds is 8. The van der Waals surface area contributed by atoms with Crippen LogP contribution in [-0.4, -0.2) is 32.3 Å². The highest BCUT2D eigenvalue weighted by Gasteiger charge is 2.20. The molecule has 0 spiro atoms. The third-order valence-electron chi connectivity index (χ3n) is 5.03. The lowest BCUT2D eigenvalue weighted by molar-refractivity contribution is -0.113. The first-order valence-electron chi connectivity index (χ1n) is 10.3. The molecular formula is C23H26ClN5O2S. The third kappa shape index (κ3) is 5.89. The Bertz CT molecular complexity index is 1110. The number of halogens is 1. The lowest BCUT2D eigenvalue weighted by Crippen LogP contribution is -2.28. The zero-order valence-electron chi connectivity index (χ0n) is 18.5. The molecule has 0 radical (unpaired) electrons. The molecule has 1 heterocycles. The average Bonchev–Trinajstić information content (AvgIpc) is 3.18. The van der Waals surface area contributed by atoms with Crippen LogP contribution >= 0.6 is 23.4 Å². The van der Waals surface area contributed by atoms with Crippen LogP contribution in [0.15, 0.2) is 47.6 Å². The Kier molecular flexibility index (Phi) is 7.93. The summed E-state index contributed by atoms with van der Waals surface area (Å²) in [4.78, 5) is 24.9. The second-order valence-electron chi connectivity index (χ2n) is 7.42. The van der Waals surface area contributed by atoms with E-state index >= 15 is 0 Å². The summed E-state index contributed by atoms with van der Waals surface area (Å²) in [7, 11) is 0. The van der Waals surface area contributed by atoms with Crippen molar-refractivity contribution in [1.29, 1.82) is 0 Å². The normalized spacial score (nSPS) is 11.8. The van der Waals surface area contributed by atoms with Crippen LogP contribution in [0.2, 0.25) is 5.02 Å². The topological polar surface area (TPSA) is 88.9 Å². The third-order valence-corrected chi connectivity index (χ3v) is 6.24. The lowest BCUT2D eigenvalue weighted by atomic mass is 10.1. The van der Waals surface area contributed by atoms with Gasteiger partial charge in [0.25, 0.3) is 5.91 Å². The molecule has 3 aromatic rings. The lowest BCUT2D eigenvalue weighted by Gasteiger charge is -2.15. The molecule has 0 unspecified atom stereocenters. The van der Waals surface area contributed by atoms with E-state index in [1.165, 1.54) is 17.3 Å². The van der Waals surface area contributed by atoms with E-state index in [1.807, 2.05) is 50.5 Å². The molecule has 0 aliphatic heterocycles. The van der Waals surface area contributed by atoms with E-state index in [1.54, 1.807) is 24.3 Å². The van der Waals surface area contributed by atoms with Crippen molar-refractivity contribution in [3.63, 3.8) is 0 Å². The predicted octanol–water partition coefficient (Wildman–Crippen LogP) is 4.79. The van der Waals surface area contributed by atoms with Crippen LogP contribution < -0.4 is 10.6 Å². The van der Waals surface area contributed by atoms with Crippen LogP contribution in [0.5, 0.6) is 0 Å². The van der Waals surface area contributed by atoms with Gasteiger partial charge in [-0.3, -0.25) is 9.59 Å². The van der Waals surface area contributed by atoms with Gasteiger partial charge in [-0.1, -0.05) is 29.4 Å². The minimum atomic E-state index is -0.357. The first-order chi connectivity index (χ1) is 15.3. The van der Waals surface area contributed by atoms with Crippen LogP contribution in [0.3, 0.4) is 0 Å². The fraction of sp³-hybridized carbons (Fsp3) is 0.304. The highest BCUT2D eigenvalue weighted by Crippen LogP contribution is 2.22. The molecule has 0 aliphatic rings. The van der Waals surface area contributed by atoms with Crippen molar-refractivity contribution in [1.82, 2.24) is 20.1 Å². The van der Waals surface area contributed by atoms with E-state index in [0.717, 1.165) is 11.3 Å². The van der Waals surface area contributed by atoms with Gasteiger partial charge in [0.05, 0.1) is 11.8 Å². The summed E-state index contributed by atoms with van der Waals surface area (Å²) >= 11 is 7.20. The SMILES string of the molecule is CCn1c(SCC(=O)Nc2ccc(C)c(C)c2)nnc1[C@H](C)NC(=O)c1ccc(Cl)cc1. The van der Waals surface area contributed by atoms with E-state index < -0.39 is 0 Å². The van der Waals surface area contributed by atoms with Gasteiger partial charge in [-0.25, -0.2) is 0 Å². The fourth-order valence-corrected chi connectivity index (χ4v) is 4.05. The maximum Gasteiger partial charge on any atom is 0.251 e. The van der Waals surface area contributed by atoms with Gasteiger partial charge in [-0.2, -0.15) is 0 Å². The number of carbonyl (C=O) groups is 2. The number of nitrogens with zero attached hydrogens (tertiary/aromatic N) is 3. The maximum atomic E-state index is 12.5. The second kappa shape index (κ2) is 10.7.